The Morgan fingerprint density at radius 3 is 2.47 bits per heavy atom. The number of nitrogens with one attached hydrogen (secondary N) is 1. The molecule has 0 aromatic heterocycles. The van der Waals surface area contributed by atoms with Gasteiger partial charge in [0.05, 0.1) is 13.0 Å². The summed E-state index contributed by atoms with van der Waals surface area (Å²) in [6.45, 7) is 4.78. The van der Waals surface area contributed by atoms with Gasteiger partial charge in [0.2, 0.25) is 0 Å². The van der Waals surface area contributed by atoms with Crippen LogP contribution in [0.15, 0.2) is 30.3 Å². The third-order valence-electron chi connectivity index (χ3n) is 2.63. The second kappa shape index (κ2) is 7.07. The van der Waals surface area contributed by atoms with E-state index in [1.54, 1.807) is 0 Å². The van der Waals surface area contributed by atoms with Crippen molar-refractivity contribution in [2.75, 3.05) is 13.7 Å². The average Bonchev–Trinajstić information content (AvgIpc) is 2.34. The molecule has 0 aliphatic heterocycles. The second-order valence-electron chi connectivity index (χ2n) is 4.47. The van der Waals surface area contributed by atoms with Gasteiger partial charge in [-0.15, -0.1) is 0 Å². The number of ether oxygens (including phenoxy) is 1. The van der Waals surface area contributed by atoms with Gasteiger partial charge in [-0.05, 0) is 12.0 Å². The molecule has 1 rings (SSSR count). The smallest absolute Gasteiger partial charge is 0.310 e. The van der Waals surface area contributed by atoms with Crippen LogP contribution in [0.2, 0.25) is 0 Å². The lowest BCUT2D eigenvalue weighted by Gasteiger charge is -2.17. The maximum atomic E-state index is 11.7. The summed E-state index contributed by atoms with van der Waals surface area (Å²) in [5.74, 6) is -0.271. The van der Waals surface area contributed by atoms with E-state index < -0.39 is 0 Å². The van der Waals surface area contributed by atoms with Gasteiger partial charge in [0, 0.05) is 12.6 Å². The SMILES string of the molecule is COC(=O)C(CNC(C)C)Cc1ccccc1. The van der Waals surface area contributed by atoms with E-state index in [9.17, 15) is 4.79 Å². The van der Waals surface area contributed by atoms with Gasteiger partial charge in [-0.25, -0.2) is 0 Å². The molecule has 0 saturated heterocycles. The van der Waals surface area contributed by atoms with Crippen molar-refractivity contribution in [2.24, 2.45) is 5.92 Å². The predicted octanol–water partition coefficient (Wildman–Crippen LogP) is 2.02. The summed E-state index contributed by atoms with van der Waals surface area (Å²) in [6.07, 6.45) is 0.716. The highest BCUT2D eigenvalue weighted by Gasteiger charge is 2.19. The highest BCUT2D eigenvalue weighted by Crippen LogP contribution is 2.10. The van der Waals surface area contributed by atoms with Crippen molar-refractivity contribution in [3.63, 3.8) is 0 Å². The molecule has 1 aromatic rings. The Morgan fingerprint density at radius 1 is 1.29 bits per heavy atom. The van der Waals surface area contributed by atoms with Crippen LogP contribution in [0.4, 0.5) is 0 Å². The van der Waals surface area contributed by atoms with Crippen molar-refractivity contribution in [2.45, 2.75) is 26.3 Å². The zero-order valence-electron chi connectivity index (χ0n) is 10.8. The van der Waals surface area contributed by atoms with E-state index in [0.717, 1.165) is 5.56 Å². The minimum Gasteiger partial charge on any atom is -0.469 e. The fourth-order valence-electron chi connectivity index (χ4n) is 1.68. The van der Waals surface area contributed by atoms with Gasteiger partial charge >= 0.3 is 5.97 Å². The van der Waals surface area contributed by atoms with Crippen LogP contribution in [0.3, 0.4) is 0 Å². The minimum absolute atomic E-state index is 0.121. The quantitative estimate of drug-likeness (QED) is 0.767. The van der Waals surface area contributed by atoms with Gasteiger partial charge < -0.3 is 10.1 Å². The molecule has 0 heterocycles. The number of esters is 1. The standard InChI is InChI=1S/C14H21NO2/c1-11(2)15-10-13(14(16)17-3)9-12-7-5-4-6-8-12/h4-8,11,13,15H,9-10H2,1-3H3. The number of hydrogen-bond donors (Lipinski definition) is 1. The van der Waals surface area contributed by atoms with E-state index in [1.807, 2.05) is 30.3 Å². The zero-order valence-corrected chi connectivity index (χ0v) is 10.8. The van der Waals surface area contributed by atoms with E-state index >= 15 is 0 Å². The third-order valence-corrected chi connectivity index (χ3v) is 2.63. The lowest BCUT2D eigenvalue weighted by atomic mass is 9.99. The number of carbonyl (C=O) groups excluding carboxylic acids is 1. The van der Waals surface area contributed by atoms with Crippen LogP contribution in [0, 0.1) is 5.92 Å². The molecular formula is C14H21NO2. The topological polar surface area (TPSA) is 38.3 Å². The fraction of sp³-hybridized carbons (Fsp3) is 0.500. The van der Waals surface area contributed by atoms with Gasteiger partial charge in [-0.2, -0.15) is 0 Å². The minimum atomic E-state index is -0.151. The number of rotatable bonds is 6. The van der Waals surface area contributed by atoms with Crippen molar-refractivity contribution in [3.05, 3.63) is 35.9 Å². The molecule has 0 aliphatic rings. The van der Waals surface area contributed by atoms with Crippen LogP contribution < -0.4 is 5.32 Å². The van der Waals surface area contributed by atoms with Crippen LogP contribution in [0.25, 0.3) is 0 Å². The molecule has 0 amide bonds. The Labute approximate surface area is 103 Å². The third kappa shape index (κ3) is 5.00. The molecule has 0 spiro atoms. The second-order valence-corrected chi connectivity index (χ2v) is 4.47. The first-order valence-corrected chi connectivity index (χ1v) is 5.98. The van der Waals surface area contributed by atoms with Gasteiger partial charge in [-0.1, -0.05) is 44.2 Å². The van der Waals surface area contributed by atoms with E-state index in [4.69, 9.17) is 4.74 Å². The van der Waals surface area contributed by atoms with Crippen molar-refractivity contribution >= 4 is 5.97 Å². The Balaban J connectivity index is 2.60. The lowest BCUT2D eigenvalue weighted by molar-refractivity contribution is -0.145. The van der Waals surface area contributed by atoms with E-state index in [0.29, 0.717) is 19.0 Å². The summed E-state index contributed by atoms with van der Waals surface area (Å²) in [6, 6.07) is 10.4. The van der Waals surface area contributed by atoms with Crippen LogP contribution in [0.1, 0.15) is 19.4 Å². The predicted molar refractivity (Wildman–Crippen MR) is 68.8 cm³/mol. The molecule has 94 valence electrons. The number of methoxy groups -OCH3 is 1. The molecule has 1 atom stereocenters. The van der Waals surface area contributed by atoms with Crippen LogP contribution in [0.5, 0.6) is 0 Å². The largest absolute Gasteiger partial charge is 0.469 e. The summed E-state index contributed by atoms with van der Waals surface area (Å²) < 4.78 is 4.84. The summed E-state index contributed by atoms with van der Waals surface area (Å²) >= 11 is 0. The molecule has 0 fully saturated rings. The molecule has 0 aliphatic carbocycles. The monoisotopic (exact) mass is 235 g/mol. The molecule has 3 nitrogen and oxygen atoms in total. The first-order valence-electron chi connectivity index (χ1n) is 5.98. The van der Waals surface area contributed by atoms with E-state index in [-0.39, 0.29) is 11.9 Å². The van der Waals surface area contributed by atoms with E-state index in [1.165, 1.54) is 7.11 Å². The molecule has 0 saturated carbocycles. The molecule has 17 heavy (non-hydrogen) atoms. The van der Waals surface area contributed by atoms with Crippen LogP contribution in [-0.4, -0.2) is 25.7 Å². The van der Waals surface area contributed by atoms with Crippen molar-refractivity contribution in [1.29, 1.82) is 0 Å². The molecule has 0 bridgehead atoms. The van der Waals surface area contributed by atoms with Crippen LogP contribution in [-0.2, 0) is 16.0 Å². The van der Waals surface area contributed by atoms with Gasteiger partial charge in [0.15, 0.2) is 0 Å². The molecular weight excluding hydrogens is 214 g/mol. The summed E-state index contributed by atoms with van der Waals surface area (Å²) in [5, 5.41) is 3.28. The number of benzene rings is 1. The first kappa shape index (κ1) is 13.7. The van der Waals surface area contributed by atoms with Crippen molar-refractivity contribution in [1.82, 2.24) is 5.32 Å². The molecule has 1 N–H and O–H groups in total. The molecule has 0 radical (unpaired) electrons. The summed E-state index contributed by atoms with van der Waals surface area (Å²) in [7, 11) is 1.44. The first-order chi connectivity index (χ1) is 8.13. The maximum absolute atomic E-state index is 11.7. The van der Waals surface area contributed by atoms with Crippen LogP contribution >= 0.6 is 0 Å². The zero-order chi connectivity index (χ0) is 12.7. The highest BCUT2D eigenvalue weighted by atomic mass is 16.5. The Kier molecular flexibility index (Phi) is 5.70. The van der Waals surface area contributed by atoms with Gasteiger partial charge in [-0.3, -0.25) is 4.79 Å². The van der Waals surface area contributed by atoms with E-state index in [2.05, 4.69) is 19.2 Å². The average molecular weight is 235 g/mol. The lowest BCUT2D eigenvalue weighted by Crippen LogP contribution is -2.34. The fourth-order valence-corrected chi connectivity index (χ4v) is 1.68. The summed E-state index contributed by atoms with van der Waals surface area (Å²) in [4.78, 5) is 11.7. The Morgan fingerprint density at radius 2 is 1.94 bits per heavy atom. The molecule has 1 unspecified atom stereocenters. The highest BCUT2D eigenvalue weighted by molar-refractivity contribution is 5.72. The van der Waals surface area contributed by atoms with Gasteiger partial charge in [0.1, 0.15) is 0 Å². The van der Waals surface area contributed by atoms with Crippen molar-refractivity contribution < 1.29 is 9.53 Å². The number of carbonyl (C=O) groups is 1. The maximum Gasteiger partial charge on any atom is 0.310 e. The molecule has 1 aromatic carbocycles. The van der Waals surface area contributed by atoms with Gasteiger partial charge in [0.25, 0.3) is 0 Å². The Bertz CT molecular complexity index is 335. The summed E-state index contributed by atoms with van der Waals surface area (Å²) in [5.41, 5.74) is 1.16. The van der Waals surface area contributed by atoms with Crippen molar-refractivity contribution in [3.8, 4) is 0 Å². The molecule has 3 heteroatoms. The number of hydrogen-bond acceptors (Lipinski definition) is 3. The Hall–Kier alpha value is -1.35. The normalized spacial score (nSPS) is 12.5.